The number of amides is 1. The number of nitrogens with one attached hydrogen (secondary N) is 1. The number of hydrogen-bond acceptors (Lipinski definition) is 5. The molecule has 0 aliphatic rings. The van der Waals surface area contributed by atoms with Crippen LogP contribution in [0.1, 0.15) is 16.1 Å². The van der Waals surface area contributed by atoms with Crippen LogP contribution in [0.25, 0.3) is 0 Å². The van der Waals surface area contributed by atoms with Crippen molar-refractivity contribution in [2.75, 3.05) is 30.0 Å². The monoisotopic (exact) mass is 305 g/mol. The summed E-state index contributed by atoms with van der Waals surface area (Å²) in [4.78, 5) is 22.3. The van der Waals surface area contributed by atoms with E-state index < -0.39 is 0 Å². The Bertz CT molecular complexity index is 667. The minimum absolute atomic E-state index is 0.164. The van der Waals surface area contributed by atoms with E-state index in [9.17, 15) is 4.79 Å². The van der Waals surface area contributed by atoms with Gasteiger partial charge in [0.15, 0.2) is 0 Å². The third-order valence-electron chi connectivity index (χ3n) is 2.80. The van der Waals surface area contributed by atoms with E-state index >= 15 is 0 Å². The van der Waals surface area contributed by atoms with Crippen LogP contribution in [0.2, 0.25) is 5.15 Å². The van der Waals surface area contributed by atoms with Gasteiger partial charge in [-0.3, -0.25) is 10.1 Å². The van der Waals surface area contributed by atoms with Crippen molar-refractivity contribution in [1.82, 2.24) is 9.97 Å². The molecular weight excluding hydrogens is 290 g/mol. The summed E-state index contributed by atoms with van der Waals surface area (Å²) in [6, 6.07) is 6.76. The maximum atomic E-state index is 12.4. The number of carbonyl (C=O) groups is 1. The Hall–Kier alpha value is -2.34. The standard InChI is InChI=1S/C14H16ClN5O/c1-8-6-12(15)18-14(17-8)19-13(21)10-7-9(16)4-5-11(10)20(2)3/h4-7H,16H2,1-3H3,(H,17,18,19,21). The molecule has 110 valence electrons. The molecule has 0 fully saturated rings. The van der Waals surface area contributed by atoms with Crippen LogP contribution >= 0.6 is 11.6 Å². The Labute approximate surface area is 128 Å². The Morgan fingerprint density at radius 3 is 2.62 bits per heavy atom. The molecule has 0 atom stereocenters. The third-order valence-corrected chi connectivity index (χ3v) is 2.99. The summed E-state index contributed by atoms with van der Waals surface area (Å²) in [5.74, 6) is -0.176. The molecule has 0 spiro atoms. The highest BCUT2D eigenvalue weighted by molar-refractivity contribution is 6.29. The zero-order chi connectivity index (χ0) is 15.6. The highest BCUT2D eigenvalue weighted by Crippen LogP contribution is 2.22. The first-order chi connectivity index (χ1) is 9.86. The van der Waals surface area contributed by atoms with E-state index in [1.165, 1.54) is 0 Å². The fourth-order valence-corrected chi connectivity index (χ4v) is 2.12. The van der Waals surface area contributed by atoms with Crippen molar-refractivity contribution in [1.29, 1.82) is 0 Å². The number of benzene rings is 1. The Balaban J connectivity index is 2.34. The van der Waals surface area contributed by atoms with Gasteiger partial charge in [-0.2, -0.15) is 0 Å². The van der Waals surface area contributed by atoms with Crippen LogP contribution in [0, 0.1) is 6.92 Å². The Morgan fingerprint density at radius 1 is 1.29 bits per heavy atom. The summed E-state index contributed by atoms with van der Waals surface area (Å²) in [6.45, 7) is 1.77. The summed E-state index contributed by atoms with van der Waals surface area (Å²) in [5, 5.41) is 2.91. The molecule has 1 aromatic carbocycles. The molecule has 21 heavy (non-hydrogen) atoms. The first-order valence-corrected chi connectivity index (χ1v) is 6.64. The lowest BCUT2D eigenvalue weighted by atomic mass is 10.1. The molecule has 0 saturated carbocycles. The average Bonchev–Trinajstić information content (AvgIpc) is 2.36. The lowest BCUT2D eigenvalue weighted by Crippen LogP contribution is -2.20. The number of anilines is 3. The molecule has 1 heterocycles. The van der Waals surface area contributed by atoms with Gasteiger partial charge in [0.25, 0.3) is 5.91 Å². The highest BCUT2D eigenvalue weighted by Gasteiger charge is 2.15. The van der Waals surface area contributed by atoms with Gasteiger partial charge >= 0.3 is 0 Å². The highest BCUT2D eigenvalue weighted by atomic mass is 35.5. The zero-order valence-electron chi connectivity index (χ0n) is 12.0. The molecule has 2 aromatic rings. The molecule has 3 N–H and O–H groups in total. The van der Waals surface area contributed by atoms with E-state index in [0.29, 0.717) is 16.9 Å². The first-order valence-electron chi connectivity index (χ1n) is 6.26. The molecule has 1 aromatic heterocycles. The number of nitrogens with zero attached hydrogens (tertiary/aromatic N) is 3. The molecule has 0 aliphatic carbocycles. The second-order valence-electron chi connectivity index (χ2n) is 4.78. The molecular formula is C14H16ClN5O. The van der Waals surface area contributed by atoms with Gasteiger partial charge in [-0.05, 0) is 31.2 Å². The fraction of sp³-hybridized carbons (Fsp3) is 0.214. The first kappa shape index (κ1) is 15.1. The number of nitrogen functional groups attached to an aromatic ring is 1. The number of carbonyl (C=O) groups excluding carboxylic acids is 1. The van der Waals surface area contributed by atoms with Crippen LogP contribution in [-0.4, -0.2) is 30.0 Å². The largest absolute Gasteiger partial charge is 0.399 e. The number of aromatic nitrogens is 2. The van der Waals surface area contributed by atoms with Crippen LogP contribution in [0.15, 0.2) is 24.3 Å². The van der Waals surface area contributed by atoms with Crippen LogP contribution in [-0.2, 0) is 0 Å². The van der Waals surface area contributed by atoms with Crippen LogP contribution in [0.3, 0.4) is 0 Å². The maximum Gasteiger partial charge on any atom is 0.260 e. The lowest BCUT2D eigenvalue weighted by molar-refractivity contribution is 0.102. The van der Waals surface area contributed by atoms with Crippen molar-refractivity contribution in [3.63, 3.8) is 0 Å². The second kappa shape index (κ2) is 5.97. The van der Waals surface area contributed by atoms with Crippen molar-refractivity contribution in [3.05, 3.63) is 40.7 Å². The summed E-state index contributed by atoms with van der Waals surface area (Å²) >= 11 is 5.86. The number of hydrogen-bond donors (Lipinski definition) is 2. The molecule has 2 rings (SSSR count). The van der Waals surface area contributed by atoms with Crippen LogP contribution in [0.5, 0.6) is 0 Å². The maximum absolute atomic E-state index is 12.4. The molecule has 0 unspecified atom stereocenters. The zero-order valence-corrected chi connectivity index (χ0v) is 12.8. The van der Waals surface area contributed by atoms with Gasteiger partial charge < -0.3 is 10.6 Å². The Kier molecular flexibility index (Phi) is 4.28. The van der Waals surface area contributed by atoms with E-state index in [4.69, 9.17) is 17.3 Å². The molecule has 0 bridgehead atoms. The van der Waals surface area contributed by atoms with Crippen molar-refractivity contribution in [2.45, 2.75) is 6.92 Å². The lowest BCUT2D eigenvalue weighted by Gasteiger charge is -2.17. The number of halogens is 1. The van der Waals surface area contributed by atoms with Gasteiger partial charge in [-0.15, -0.1) is 0 Å². The molecule has 0 aliphatic heterocycles. The normalized spacial score (nSPS) is 10.3. The minimum atomic E-state index is -0.340. The van der Waals surface area contributed by atoms with Gasteiger partial charge in [0, 0.05) is 31.2 Å². The van der Waals surface area contributed by atoms with E-state index in [1.54, 1.807) is 31.2 Å². The smallest absolute Gasteiger partial charge is 0.260 e. The molecule has 0 saturated heterocycles. The predicted octanol–water partition coefficient (Wildman–Crippen LogP) is 2.34. The van der Waals surface area contributed by atoms with Crippen molar-refractivity contribution in [3.8, 4) is 0 Å². The quantitative estimate of drug-likeness (QED) is 0.671. The minimum Gasteiger partial charge on any atom is -0.399 e. The number of nitrogens with two attached hydrogens (primary N) is 1. The van der Waals surface area contributed by atoms with Gasteiger partial charge in [0.1, 0.15) is 5.15 Å². The van der Waals surface area contributed by atoms with E-state index in [1.807, 2.05) is 19.0 Å². The molecule has 1 amide bonds. The predicted molar refractivity (Wildman–Crippen MR) is 84.9 cm³/mol. The number of rotatable bonds is 3. The van der Waals surface area contributed by atoms with Crippen LogP contribution < -0.4 is 16.0 Å². The van der Waals surface area contributed by atoms with Crippen molar-refractivity contribution < 1.29 is 4.79 Å². The van der Waals surface area contributed by atoms with Gasteiger partial charge in [-0.25, -0.2) is 9.97 Å². The fourth-order valence-electron chi connectivity index (χ4n) is 1.88. The van der Waals surface area contributed by atoms with Gasteiger partial charge in [0.2, 0.25) is 5.95 Å². The molecule has 6 nitrogen and oxygen atoms in total. The van der Waals surface area contributed by atoms with E-state index in [2.05, 4.69) is 15.3 Å². The molecule has 7 heteroatoms. The van der Waals surface area contributed by atoms with Crippen LogP contribution in [0.4, 0.5) is 17.3 Å². The van der Waals surface area contributed by atoms with Crippen molar-refractivity contribution >= 4 is 34.8 Å². The van der Waals surface area contributed by atoms with Crippen molar-refractivity contribution in [2.24, 2.45) is 0 Å². The summed E-state index contributed by atoms with van der Waals surface area (Å²) < 4.78 is 0. The number of aryl methyl sites for hydroxylation is 1. The van der Waals surface area contributed by atoms with E-state index in [-0.39, 0.29) is 17.0 Å². The molecule has 0 radical (unpaired) electrons. The SMILES string of the molecule is Cc1cc(Cl)nc(NC(=O)c2cc(N)ccc2N(C)C)n1. The summed E-state index contributed by atoms with van der Waals surface area (Å²) in [5.41, 5.74) is 8.13. The van der Waals surface area contributed by atoms with Gasteiger partial charge in [-0.1, -0.05) is 11.6 Å². The van der Waals surface area contributed by atoms with E-state index in [0.717, 1.165) is 5.69 Å². The third kappa shape index (κ3) is 3.61. The second-order valence-corrected chi connectivity index (χ2v) is 5.17. The Morgan fingerprint density at radius 2 is 2.00 bits per heavy atom. The summed E-state index contributed by atoms with van der Waals surface area (Å²) in [7, 11) is 3.70. The van der Waals surface area contributed by atoms with Gasteiger partial charge in [0.05, 0.1) is 5.56 Å². The summed E-state index contributed by atoms with van der Waals surface area (Å²) in [6.07, 6.45) is 0. The average molecular weight is 306 g/mol. The topological polar surface area (TPSA) is 84.1 Å².